The van der Waals surface area contributed by atoms with Crippen LogP contribution in [-0.2, 0) is 29.0 Å². The van der Waals surface area contributed by atoms with E-state index in [2.05, 4.69) is 12.1 Å². The van der Waals surface area contributed by atoms with Crippen molar-refractivity contribution in [2.45, 2.75) is 25.9 Å². The van der Waals surface area contributed by atoms with Gasteiger partial charge in [0, 0.05) is 18.0 Å². The molecule has 5 heteroatoms. The third-order valence-corrected chi connectivity index (χ3v) is 4.69. The van der Waals surface area contributed by atoms with Gasteiger partial charge in [-0.3, -0.25) is 0 Å². The first-order chi connectivity index (χ1) is 12.7. The van der Waals surface area contributed by atoms with Crippen LogP contribution in [0.4, 0.5) is 0 Å². The number of esters is 1. The molecule has 130 valence electrons. The van der Waals surface area contributed by atoms with Gasteiger partial charge < -0.3 is 13.9 Å². The minimum Gasteiger partial charge on any atom is -0.482 e. The van der Waals surface area contributed by atoms with Crippen LogP contribution < -0.4 is 4.74 Å². The van der Waals surface area contributed by atoms with Crippen molar-refractivity contribution < 1.29 is 14.3 Å². The molecule has 2 heterocycles. The smallest absolute Gasteiger partial charge is 0.344 e. The zero-order chi connectivity index (χ0) is 17.9. The molecule has 2 aromatic heterocycles. The topological polar surface area (TPSA) is 63.7 Å². The van der Waals surface area contributed by atoms with Gasteiger partial charge in [-0.2, -0.15) is 5.26 Å². The van der Waals surface area contributed by atoms with Crippen LogP contribution in [0.1, 0.15) is 28.7 Å². The lowest BCUT2D eigenvalue weighted by Crippen LogP contribution is -2.15. The molecule has 0 fully saturated rings. The third kappa shape index (κ3) is 3.14. The normalized spacial score (nSPS) is 12.6. The van der Waals surface area contributed by atoms with Gasteiger partial charge in [-0.05, 0) is 54.7 Å². The maximum Gasteiger partial charge on any atom is 0.344 e. The molecule has 0 bridgehead atoms. The van der Waals surface area contributed by atoms with E-state index in [-0.39, 0.29) is 13.2 Å². The Morgan fingerprint density at radius 3 is 2.96 bits per heavy atom. The molecule has 3 aromatic rings. The maximum atomic E-state index is 12.0. The molecule has 1 aliphatic rings. The average molecular weight is 346 g/mol. The highest BCUT2D eigenvalue weighted by Gasteiger charge is 2.14. The van der Waals surface area contributed by atoms with Gasteiger partial charge in [0.25, 0.3) is 0 Å². The maximum absolute atomic E-state index is 12.0. The van der Waals surface area contributed by atoms with E-state index < -0.39 is 5.97 Å². The summed E-state index contributed by atoms with van der Waals surface area (Å²) in [6.07, 6.45) is 7.02. The first kappa shape index (κ1) is 16.2. The lowest BCUT2D eigenvalue weighted by molar-refractivity contribution is -0.147. The average Bonchev–Trinajstić information content (AvgIpc) is 3.27. The quantitative estimate of drug-likeness (QED) is 0.664. The number of benzene rings is 1. The molecule has 4 rings (SSSR count). The molecular formula is C21H18N2O3. The van der Waals surface area contributed by atoms with E-state index >= 15 is 0 Å². The summed E-state index contributed by atoms with van der Waals surface area (Å²) < 4.78 is 12.7. The molecule has 0 unspecified atom stereocenters. The van der Waals surface area contributed by atoms with E-state index in [4.69, 9.17) is 9.47 Å². The van der Waals surface area contributed by atoms with Crippen LogP contribution in [0, 0.1) is 11.3 Å². The standard InChI is InChI=1S/C21H18N2O3/c22-11-19-17(12-23-9-2-1-6-20(19)23)13-26-21(24)14-25-18-8-7-15-4-3-5-16(15)10-18/h1-2,6-10,12H,3-5,13-14H2. The summed E-state index contributed by atoms with van der Waals surface area (Å²) in [5, 5.41) is 9.37. The van der Waals surface area contributed by atoms with Crippen molar-refractivity contribution in [1.29, 1.82) is 5.26 Å². The Morgan fingerprint density at radius 1 is 1.19 bits per heavy atom. The highest BCUT2D eigenvalue weighted by molar-refractivity contribution is 5.71. The summed E-state index contributed by atoms with van der Waals surface area (Å²) in [6, 6.07) is 13.8. The number of nitrogens with zero attached hydrogens (tertiary/aromatic N) is 2. The number of rotatable bonds is 5. The zero-order valence-corrected chi connectivity index (χ0v) is 14.3. The predicted octanol–water partition coefficient (Wildman–Crippen LogP) is 3.42. The molecule has 0 N–H and O–H groups in total. The van der Waals surface area contributed by atoms with Crippen LogP contribution in [-0.4, -0.2) is 17.0 Å². The Kier molecular flexibility index (Phi) is 4.32. The van der Waals surface area contributed by atoms with Gasteiger partial charge in [-0.15, -0.1) is 0 Å². The first-order valence-electron chi connectivity index (χ1n) is 8.63. The SMILES string of the molecule is N#Cc1c(COC(=O)COc2ccc3c(c2)CCC3)cn2ccccc12. The molecule has 0 saturated heterocycles. The summed E-state index contributed by atoms with van der Waals surface area (Å²) in [7, 11) is 0. The Morgan fingerprint density at radius 2 is 2.08 bits per heavy atom. The van der Waals surface area contributed by atoms with Crippen molar-refractivity contribution in [3.63, 3.8) is 0 Å². The van der Waals surface area contributed by atoms with E-state index in [1.54, 1.807) is 0 Å². The Balaban J connectivity index is 1.36. The molecule has 0 aliphatic heterocycles. The number of carbonyl (C=O) groups excluding carboxylic acids is 1. The lowest BCUT2D eigenvalue weighted by Gasteiger charge is -2.08. The minimum absolute atomic E-state index is 0.0525. The number of ether oxygens (including phenoxy) is 2. The fraction of sp³-hybridized carbons (Fsp3) is 0.238. The Labute approximate surface area is 151 Å². The molecule has 1 aliphatic carbocycles. The summed E-state index contributed by atoms with van der Waals surface area (Å²) in [5.41, 5.74) is 4.68. The summed E-state index contributed by atoms with van der Waals surface area (Å²) >= 11 is 0. The summed E-state index contributed by atoms with van der Waals surface area (Å²) in [5.74, 6) is 0.236. The van der Waals surface area contributed by atoms with Crippen LogP contribution in [0.25, 0.3) is 5.52 Å². The van der Waals surface area contributed by atoms with Gasteiger partial charge in [-0.25, -0.2) is 4.79 Å². The monoisotopic (exact) mass is 346 g/mol. The van der Waals surface area contributed by atoms with E-state index in [0.29, 0.717) is 16.9 Å². The Hall–Kier alpha value is -3.26. The number of aromatic nitrogens is 1. The number of hydrogen-bond donors (Lipinski definition) is 0. The highest BCUT2D eigenvalue weighted by atomic mass is 16.6. The van der Waals surface area contributed by atoms with Crippen molar-refractivity contribution in [3.8, 4) is 11.8 Å². The zero-order valence-electron chi connectivity index (χ0n) is 14.3. The second-order valence-corrected chi connectivity index (χ2v) is 6.37. The number of hydrogen-bond acceptors (Lipinski definition) is 4. The fourth-order valence-corrected chi connectivity index (χ4v) is 3.40. The number of aryl methyl sites for hydroxylation is 2. The van der Waals surface area contributed by atoms with E-state index in [1.807, 2.05) is 47.1 Å². The first-order valence-corrected chi connectivity index (χ1v) is 8.63. The van der Waals surface area contributed by atoms with E-state index in [9.17, 15) is 10.1 Å². The molecule has 5 nitrogen and oxygen atoms in total. The predicted molar refractivity (Wildman–Crippen MR) is 95.9 cm³/mol. The number of fused-ring (bicyclic) bond motifs is 2. The Bertz CT molecular complexity index is 1010. The summed E-state index contributed by atoms with van der Waals surface area (Å²) in [4.78, 5) is 12.0. The van der Waals surface area contributed by atoms with Crippen LogP contribution in [0.3, 0.4) is 0 Å². The molecule has 0 radical (unpaired) electrons. The van der Waals surface area contributed by atoms with Crippen LogP contribution in [0.15, 0.2) is 48.8 Å². The van der Waals surface area contributed by atoms with Gasteiger partial charge in [0.2, 0.25) is 0 Å². The van der Waals surface area contributed by atoms with Crippen LogP contribution in [0.5, 0.6) is 5.75 Å². The van der Waals surface area contributed by atoms with Gasteiger partial charge in [0.15, 0.2) is 6.61 Å². The molecule has 0 atom stereocenters. The largest absolute Gasteiger partial charge is 0.482 e. The second-order valence-electron chi connectivity index (χ2n) is 6.37. The van der Waals surface area contributed by atoms with Crippen LogP contribution in [0.2, 0.25) is 0 Å². The van der Waals surface area contributed by atoms with Crippen molar-refractivity contribution in [2.75, 3.05) is 6.61 Å². The second kappa shape index (κ2) is 6.93. The molecular weight excluding hydrogens is 328 g/mol. The summed E-state index contributed by atoms with van der Waals surface area (Å²) in [6.45, 7) is -0.0923. The van der Waals surface area contributed by atoms with Crippen molar-refractivity contribution in [1.82, 2.24) is 4.40 Å². The third-order valence-electron chi connectivity index (χ3n) is 4.69. The van der Waals surface area contributed by atoms with E-state index in [1.165, 1.54) is 17.5 Å². The van der Waals surface area contributed by atoms with Crippen molar-refractivity contribution in [2.24, 2.45) is 0 Å². The van der Waals surface area contributed by atoms with Crippen molar-refractivity contribution in [3.05, 3.63) is 71.0 Å². The van der Waals surface area contributed by atoms with Crippen LogP contribution >= 0.6 is 0 Å². The number of carbonyl (C=O) groups is 1. The van der Waals surface area contributed by atoms with Gasteiger partial charge in [-0.1, -0.05) is 12.1 Å². The molecule has 1 aromatic carbocycles. The lowest BCUT2D eigenvalue weighted by atomic mass is 10.1. The van der Waals surface area contributed by atoms with Gasteiger partial charge in [0.1, 0.15) is 18.4 Å². The number of pyridine rings is 1. The molecule has 0 spiro atoms. The number of nitriles is 1. The van der Waals surface area contributed by atoms with E-state index in [0.717, 1.165) is 18.4 Å². The minimum atomic E-state index is -0.454. The molecule has 0 amide bonds. The molecule has 0 saturated carbocycles. The van der Waals surface area contributed by atoms with Gasteiger partial charge >= 0.3 is 5.97 Å². The highest BCUT2D eigenvalue weighted by Crippen LogP contribution is 2.26. The fourth-order valence-electron chi connectivity index (χ4n) is 3.40. The van der Waals surface area contributed by atoms with Gasteiger partial charge in [0.05, 0.1) is 11.1 Å². The molecule has 26 heavy (non-hydrogen) atoms. The van der Waals surface area contributed by atoms with Crippen molar-refractivity contribution >= 4 is 11.5 Å².